The molecule has 8 heteroatoms. The second kappa shape index (κ2) is 6.39. The molecular formula is C11H21N5O3. The zero-order valence-corrected chi connectivity index (χ0v) is 11.7. The maximum absolute atomic E-state index is 11.1. The lowest BCUT2D eigenvalue weighted by molar-refractivity contribution is -0.544. The van der Waals surface area contributed by atoms with E-state index in [2.05, 4.69) is 0 Å². The fourth-order valence-corrected chi connectivity index (χ4v) is 1.68. The summed E-state index contributed by atoms with van der Waals surface area (Å²) < 4.78 is 5.10. The van der Waals surface area contributed by atoms with Crippen molar-refractivity contribution in [3.8, 4) is 0 Å². The standard InChI is InChI=1S/C11H21N5O3/c1-13(2)5-6-14(3)15-8-10(19-4)9(12)7-11(15)16(17)18/h7-8,11H,5-6,12H2,1-4H3. The zero-order valence-electron chi connectivity index (χ0n) is 11.7. The van der Waals surface area contributed by atoms with Crippen LogP contribution >= 0.6 is 0 Å². The first-order chi connectivity index (χ1) is 8.86. The van der Waals surface area contributed by atoms with Crippen molar-refractivity contribution in [3.05, 3.63) is 33.8 Å². The molecule has 0 bridgehead atoms. The Morgan fingerprint density at radius 2 is 2.11 bits per heavy atom. The Bertz CT molecular complexity index is 394. The molecule has 0 aromatic heterocycles. The smallest absolute Gasteiger partial charge is 0.321 e. The van der Waals surface area contributed by atoms with Gasteiger partial charge in [0.25, 0.3) is 0 Å². The fraction of sp³-hybridized carbons (Fsp3) is 0.636. The summed E-state index contributed by atoms with van der Waals surface area (Å²) >= 11 is 0. The molecule has 108 valence electrons. The molecule has 1 atom stereocenters. The topological polar surface area (TPSA) is 88.1 Å². The third kappa shape index (κ3) is 3.83. The summed E-state index contributed by atoms with van der Waals surface area (Å²) in [5, 5.41) is 14.4. The van der Waals surface area contributed by atoms with Gasteiger partial charge in [-0.1, -0.05) is 0 Å². The number of methoxy groups -OCH3 is 1. The molecule has 1 rings (SSSR count). The minimum atomic E-state index is -1.01. The minimum absolute atomic E-state index is 0.279. The van der Waals surface area contributed by atoms with Gasteiger partial charge in [-0.25, -0.2) is 10.0 Å². The van der Waals surface area contributed by atoms with Crippen LogP contribution in [0.25, 0.3) is 0 Å². The van der Waals surface area contributed by atoms with Crippen LogP contribution in [0.5, 0.6) is 0 Å². The molecule has 0 fully saturated rings. The second-order valence-corrected chi connectivity index (χ2v) is 4.58. The van der Waals surface area contributed by atoms with Gasteiger partial charge in [-0.15, -0.1) is 0 Å². The number of hydrazine groups is 1. The number of rotatable bonds is 6. The van der Waals surface area contributed by atoms with E-state index in [1.54, 1.807) is 18.3 Å². The minimum Gasteiger partial charge on any atom is -0.493 e. The molecule has 1 aliphatic rings. The van der Waals surface area contributed by atoms with E-state index in [1.165, 1.54) is 18.2 Å². The molecule has 0 saturated carbocycles. The van der Waals surface area contributed by atoms with Gasteiger partial charge < -0.3 is 15.4 Å². The Morgan fingerprint density at radius 1 is 1.47 bits per heavy atom. The van der Waals surface area contributed by atoms with E-state index < -0.39 is 6.17 Å². The number of nitrogens with two attached hydrogens (primary N) is 1. The number of hydrogen-bond acceptors (Lipinski definition) is 7. The lowest BCUT2D eigenvalue weighted by Crippen LogP contribution is -2.50. The molecule has 0 aliphatic carbocycles. The molecule has 0 spiro atoms. The summed E-state index contributed by atoms with van der Waals surface area (Å²) in [6, 6.07) is 0. The van der Waals surface area contributed by atoms with Gasteiger partial charge in [0.15, 0.2) is 5.76 Å². The summed E-state index contributed by atoms with van der Waals surface area (Å²) in [5.74, 6) is 0.426. The molecule has 1 aliphatic heterocycles. The SMILES string of the molecule is COC1=CN(N(C)CCN(C)C)C([N+](=O)[O-])C=C1N. The Balaban J connectivity index is 2.87. The summed E-state index contributed by atoms with van der Waals surface area (Å²) in [5.41, 5.74) is 5.99. The lowest BCUT2D eigenvalue weighted by atomic mass is 10.2. The normalized spacial score (nSPS) is 19.5. The van der Waals surface area contributed by atoms with E-state index in [9.17, 15) is 10.1 Å². The van der Waals surface area contributed by atoms with Crippen molar-refractivity contribution in [2.75, 3.05) is 41.3 Å². The number of nitro groups is 1. The average Bonchev–Trinajstić information content (AvgIpc) is 2.35. The van der Waals surface area contributed by atoms with Crippen molar-refractivity contribution in [2.24, 2.45) is 5.73 Å². The zero-order chi connectivity index (χ0) is 14.6. The van der Waals surface area contributed by atoms with Gasteiger partial charge in [-0.3, -0.25) is 10.1 Å². The molecule has 8 nitrogen and oxygen atoms in total. The van der Waals surface area contributed by atoms with Crippen molar-refractivity contribution in [2.45, 2.75) is 6.17 Å². The highest BCUT2D eigenvalue weighted by molar-refractivity contribution is 5.26. The van der Waals surface area contributed by atoms with Crippen LogP contribution in [-0.4, -0.2) is 67.3 Å². The van der Waals surface area contributed by atoms with Crippen molar-refractivity contribution < 1.29 is 9.66 Å². The molecule has 1 heterocycles. The first-order valence-corrected chi connectivity index (χ1v) is 5.88. The third-order valence-electron chi connectivity index (χ3n) is 2.83. The maximum atomic E-state index is 11.1. The monoisotopic (exact) mass is 271 g/mol. The van der Waals surface area contributed by atoms with Gasteiger partial charge in [-0.2, -0.15) is 0 Å². The number of likely N-dealkylation sites (N-methyl/N-ethyl adjacent to an activating group) is 2. The highest BCUT2D eigenvalue weighted by Gasteiger charge is 2.32. The molecule has 0 aromatic rings. The van der Waals surface area contributed by atoms with Crippen LogP contribution in [0.4, 0.5) is 0 Å². The summed E-state index contributed by atoms with van der Waals surface area (Å²) in [7, 11) is 7.17. The van der Waals surface area contributed by atoms with Crippen LogP contribution in [-0.2, 0) is 4.74 Å². The van der Waals surface area contributed by atoms with Gasteiger partial charge in [0.2, 0.25) is 0 Å². The Morgan fingerprint density at radius 3 is 2.58 bits per heavy atom. The van der Waals surface area contributed by atoms with Crippen LogP contribution in [0.1, 0.15) is 0 Å². The van der Waals surface area contributed by atoms with E-state index in [4.69, 9.17) is 10.5 Å². The van der Waals surface area contributed by atoms with E-state index in [1.807, 2.05) is 19.0 Å². The molecular weight excluding hydrogens is 250 g/mol. The van der Waals surface area contributed by atoms with Crippen molar-refractivity contribution in [3.63, 3.8) is 0 Å². The van der Waals surface area contributed by atoms with E-state index in [0.717, 1.165) is 6.54 Å². The fourth-order valence-electron chi connectivity index (χ4n) is 1.68. The van der Waals surface area contributed by atoms with E-state index in [0.29, 0.717) is 12.3 Å². The Kier molecular flexibility index (Phi) is 5.13. The third-order valence-corrected chi connectivity index (χ3v) is 2.83. The van der Waals surface area contributed by atoms with Gasteiger partial charge in [0, 0.05) is 26.2 Å². The van der Waals surface area contributed by atoms with Crippen LogP contribution in [0.2, 0.25) is 0 Å². The Hall–Kier alpha value is -1.80. The van der Waals surface area contributed by atoms with Crippen LogP contribution in [0.15, 0.2) is 23.7 Å². The summed E-state index contributed by atoms with van der Waals surface area (Å²) in [6.07, 6.45) is 1.93. The van der Waals surface area contributed by atoms with Crippen LogP contribution in [0.3, 0.4) is 0 Å². The maximum Gasteiger partial charge on any atom is 0.321 e. The van der Waals surface area contributed by atoms with Crippen molar-refractivity contribution in [1.29, 1.82) is 0 Å². The van der Waals surface area contributed by atoms with Gasteiger partial charge in [0.05, 0.1) is 23.9 Å². The molecule has 0 aromatic carbocycles. The molecule has 0 radical (unpaired) electrons. The highest BCUT2D eigenvalue weighted by Crippen LogP contribution is 2.19. The number of nitrogens with zero attached hydrogens (tertiary/aromatic N) is 4. The molecule has 1 unspecified atom stereocenters. The number of hydrogen-bond donors (Lipinski definition) is 1. The van der Waals surface area contributed by atoms with Crippen LogP contribution in [0, 0.1) is 10.1 Å². The lowest BCUT2D eigenvalue weighted by Gasteiger charge is -2.34. The summed E-state index contributed by atoms with van der Waals surface area (Å²) in [4.78, 5) is 12.7. The second-order valence-electron chi connectivity index (χ2n) is 4.58. The highest BCUT2D eigenvalue weighted by atomic mass is 16.6. The largest absolute Gasteiger partial charge is 0.493 e. The van der Waals surface area contributed by atoms with Crippen molar-refractivity contribution >= 4 is 0 Å². The van der Waals surface area contributed by atoms with E-state index in [-0.39, 0.29) is 10.6 Å². The first-order valence-electron chi connectivity index (χ1n) is 5.88. The predicted molar refractivity (Wildman–Crippen MR) is 71.2 cm³/mol. The molecule has 19 heavy (non-hydrogen) atoms. The predicted octanol–water partition coefficient (Wildman–Crippen LogP) is -0.356. The number of ether oxygens (including phenoxy) is 1. The van der Waals surface area contributed by atoms with Gasteiger partial charge in [0.1, 0.15) is 0 Å². The van der Waals surface area contributed by atoms with Crippen molar-refractivity contribution in [1.82, 2.24) is 14.9 Å². The summed E-state index contributed by atoms with van der Waals surface area (Å²) in [6.45, 7) is 1.44. The molecule has 2 N–H and O–H groups in total. The van der Waals surface area contributed by atoms with Gasteiger partial charge in [-0.05, 0) is 14.1 Å². The molecule has 0 amide bonds. The average molecular weight is 271 g/mol. The van der Waals surface area contributed by atoms with E-state index >= 15 is 0 Å². The quantitative estimate of drug-likeness (QED) is 0.521. The van der Waals surface area contributed by atoms with Gasteiger partial charge >= 0.3 is 6.17 Å². The van der Waals surface area contributed by atoms with Crippen LogP contribution < -0.4 is 5.73 Å². The molecule has 0 saturated heterocycles. The first kappa shape index (κ1) is 15.3. The Labute approximate surface area is 112 Å².